The Bertz CT molecular complexity index is 1060. The van der Waals surface area contributed by atoms with Crippen LogP contribution in [-0.4, -0.2) is 125 Å². The van der Waals surface area contributed by atoms with Gasteiger partial charge in [-0.3, -0.25) is 28.8 Å². The fourth-order valence-corrected chi connectivity index (χ4v) is 4.53. The smallest absolute Gasteiger partial charge is 0.248 e. The van der Waals surface area contributed by atoms with Gasteiger partial charge in [-0.1, -0.05) is 26.7 Å². The van der Waals surface area contributed by atoms with E-state index in [4.69, 9.17) is 45.4 Å². The van der Waals surface area contributed by atoms with Crippen LogP contribution in [0.25, 0.3) is 0 Å². The molecule has 0 bridgehead atoms. The van der Waals surface area contributed by atoms with Crippen molar-refractivity contribution in [2.45, 2.75) is 78.1 Å². The number of hydrogen-bond acceptors (Lipinski definition) is 13. The summed E-state index contributed by atoms with van der Waals surface area (Å²) in [5.74, 6) is -2.80. The van der Waals surface area contributed by atoms with E-state index in [0.29, 0.717) is 104 Å². The third kappa shape index (κ3) is 28.3. The standard InChI is InChI=1S/C36H62N4O13/c1-27(31(43)23-29(25-41)35(37)47)7-3-5-11-39-33(45)9-13-49-15-17-51-19-21-53-22-20-52-18-16-50-14-10-34(46)40-12-6-4-8-28(2)32(44)24-30(26-42)36(38)48/h25-28,41-42H,3-24H2,1-2H3,(H2,37,47)(H2,38,48)(H,39,45)(H,40,46)/b29-25-,30-26-. The molecule has 0 radical (unpaired) electrons. The summed E-state index contributed by atoms with van der Waals surface area (Å²) >= 11 is 0. The van der Waals surface area contributed by atoms with E-state index >= 15 is 0 Å². The lowest BCUT2D eigenvalue weighted by atomic mass is 9.95. The van der Waals surface area contributed by atoms with E-state index in [0.717, 1.165) is 12.8 Å². The highest BCUT2D eigenvalue weighted by Gasteiger charge is 2.18. The molecular formula is C36H62N4O13. The molecule has 0 saturated carbocycles. The van der Waals surface area contributed by atoms with Crippen LogP contribution in [0.3, 0.4) is 0 Å². The zero-order chi connectivity index (χ0) is 39.7. The molecule has 304 valence electrons. The van der Waals surface area contributed by atoms with Crippen LogP contribution in [0.1, 0.15) is 78.1 Å². The number of Topliss-reactive ketones (excluding diaryl/α,β-unsaturated/α-hetero) is 2. The van der Waals surface area contributed by atoms with Gasteiger partial charge < -0.3 is 56.0 Å². The molecular weight excluding hydrogens is 696 g/mol. The summed E-state index contributed by atoms with van der Waals surface area (Å²) in [6, 6.07) is 0. The van der Waals surface area contributed by atoms with Crippen LogP contribution in [0.4, 0.5) is 0 Å². The molecule has 2 atom stereocenters. The minimum absolute atomic E-state index is 0.113. The lowest BCUT2D eigenvalue weighted by Gasteiger charge is -2.11. The summed E-state index contributed by atoms with van der Waals surface area (Å²) in [5, 5.41) is 23.6. The van der Waals surface area contributed by atoms with Gasteiger partial charge in [-0.05, 0) is 25.7 Å². The molecule has 0 spiro atoms. The molecule has 17 heteroatoms. The van der Waals surface area contributed by atoms with Crippen molar-refractivity contribution in [1.29, 1.82) is 0 Å². The third-order valence-corrected chi connectivity index (χ3v) is 7.98. The van der Waals surface area contributed by atoms with E-state index in [2.05, 4.69) is 10.6 Å². The Kier molecular flexibility index (Phi) is 30.3. The van der Waals surface area contributed by atoms with Crippen LogP contribution < -0.4 is 22.1 Å². The fraction of sp³-hybridized carbons (Fsp3) is 0.722. The lowest BCUT2D eigenvalue weighted by molar-refractivity contribution is -0.124. The molecule has 0 aromatic rings. The number of aliphatic hydroxyl groups excluding tert-OH is 2. The summed E-state index contributed by atoms with van der Waals surface area (Å²) in [6.07, 6.45) is 5.26. The number of ether oxygens (including phenoxy) is 5. The van der Waals surface area contributed by atoms with E-state index in [9.17, 15) is 28.8 Å². The highest BCUT2D eigenvalue weighted by molar-refractivity contribution is 5.99. The molecule has 0 fully saturated rings. The predicted molar refractivity (Wildman–Crippen MR) is 194 cm³/mol. The zero-order valence-corrected chi connectivity index (χ0v) is 31.4. The summed E-state index contributed by atoms with van der Waals surface area (Å²) in [7, 11) is 0. The van der Waals surface area contributed by atoms with Crippen molar-refractivity contribution < 1.29 is 62.7 Å². The van der Waals surface area contributed by atoms with E-state index in [1.807, 2.05) is 0 Å². The van der Waals surface area contributed by atoms with Gasteiger partial charge in [0, 0.05) is 50.6 Å². The van der Waals surface area contributed by atoms with Gasteiger partial charge in [0.15, 0.2) is 0 Å². The normalized spacial score (nSPS) is 12.9. The van der Waals surface area contributed by atoms with Crippen LogP contribution in [0, 0.1) is 11.8 Å². The quantitative estimate of drug-likeness (QED) is 0.0301. The molecule has 0 aliphatic carbocycles. The van der Waals surface area contributed by atoms with Crippen molar-refractivity contribution in [3.05, 3.63) is 23.7 Å². The number of carbonyl (C=O) groups is 6. The van der Waals surface area contributed by atoms with Gasteiger partial charge >= 0.3 is 0 Å². The molecule has 8 N–H and O–H groups in total. The monoisotopic (exact) mass is 758 g/mol. The molecule has 2 unspecified atom stereocenters. The summed E-state index contributed by atoms with van der Waals surface area (Å²) in [6.45, 7) is 8.05. The number of rotatable bonds is 36. The topological polar surface area (TPSA) is 265 Å². The van der Waals surface area contributed by atoms with Crippen LogP contribution in [0.2, 0.25) is 0 Å². The minimum Gasteiger partial charge on any atom is -0.515 e. The van der Waals surface area contributed by atoms with Crippen molar-refractivity contribution >= 4 is 35.2 Å². The van der Waals surface area contributed by atoms with Gasteiger partial charge in [0.1, 0.15) is 11.6 Å². The number of ketones is 2. The van der Waals surface area contributed by atoms with Crippen molar-refractivity contribution in [3.8, 4) is 0 Å². The van der Waals surface area contributed by atoms with Gasteiger partial charge in [-0.25, -0.2) is 0 Å². The maximum atomic E-state index is 12.1. The van der Waals surface area contributed by atoms with Crippen LogP contribution >= 0.6 is 0 Å². The molecule has 0 rings (SSSR count). The second-order valence-corrected chi connectivity index (χ2v) is 12.4. The van der Waals surface area contributed by atoms with Crippen molar-refractivity contribution in [2.75, 3.05) is 79.2 Å². The summed E-state index contributed by atoms with van der Waals surface area (Å²) in [4.78, 5) is 70.3. The van der Waals surface area contributed by atoms with Crippen molar-refractivity contribution in [1.82, 2.24) is 10.6 Å². The number of primary amides is 2. The van der Waals surface area contributed by atoms with Crippen molar-refractivity contribution in [3.63, 3.8) is 0 Å². The van der Waals surface area contributed by atoms with E-state index in [-0.39, 0.29) is 85.3 Å². The Morgan fingerprint density at radius 2 is 0.830 bits per heavy atom. The van der Waals surface area contributed by atoms with Gasteiger partial charge in [-0.2, -0.15) is 0 Å². The Morgan fingerprint density at radius 1 is 0.528 bits per heavy atom. The van der Waals surface area contributed by atoms with Crippen LogP contribution in [-0.2, 0) is 52.5 Å². The Labute approximate surface area is 312 Å². The van der Waals surface area contributed by atoms with Crippen LogP contribution in [0.15, 0.2) is 23.7 Å². The maximum absolute atomic E-state index is 12.1. The largest absolute Gasteiger partial charge is 0.515 e. The second-order valence-electron chi connectivity index (χ2n) is 12.4. The highest BCUT2D eigenvalue weighted by Crippen LogP contribution is 2.15. The average Bonchev–Trinajstić information content (AvgIpc) is 3.12. The SMILES string of the molecule is CC(CCCCNC(=O)CCOCCOCCOCCOCCOCCC(=O)NCCCCC(C)C(=O)C/C(=C/O)C(N)=O)C(=O)C/C(=C/O)C(N)=O. The first-order valence-corrected chi connectivity index (χ1v) is 18.2. The summed E-state index contributed by atoms with van der Waals surface area (Å²) in [5.41, 5.74) is 9.97. The Hall–Kier alpha value is -3.90. The molecule has 4 amide bonds. The molecule has 53 heavy (non-hydrogen) atoms. The zero-order valence-electron chi connectivity index (χ0n) is 31.4. The highest BCUT2D eigenvalue weighted by atomic mass is 16.6. The number of carbonyl (C=O) groups excluding carboxylic acids is 6. The molecule has 0 aromatic heterocycles. The first-order valence-electron chi connectivity index (χ1n) is 18.2. The number of amides is 4. The first-order chi connectivity index (χ1) is 25.4. The minimum atomic E-state index is -0.819. The van der Waals surface area contributed by atoms with E-state index in [1.165, 1.54) is 0 Å². The first kappa shape index (κ1) is 49.1. The van der Waals surface area contributed by atoms with E-state index < -0.39 is 11.8 Å². The molecule has 0 saturated heterocycles. The third-order valence-electron chi connectivity index (χ3n) is 7.98. The van der Waals surface area contributed by atoms with Gasteiger partial charge in [0.05, 0.1) is 89.7 Å². The van der Waals surface area contributed by atoms with Gasteiger partial charge in [0.25, 0.3) is 0 Å². The van der Waals surface area contributed by atoms with Crippen LogP contribution in [0.5, 0.6) is 0 Å². The number of aliphatic hydroxyl groups is 2. The Morgan fingerprint density at radius 3 is 1.11 bits per heavy atom. The molecule has 0 aliphatic heterocycles. The number of unbranched alkanes of at least 4 members (excludes halogenated alkanes) is 2. The molecule has 0 aliphatic rings. The number of hydrogen-bond donors (Lipinski definition) is 6. The maximum Gasteiger partial charge on any atom is 0.248 e. The Balaban J connectivity index is 3.50. The molecule has 0 heterocycles. The van der Waals surface area contributed by atoms with Gasteiger partial charge in [-0.15, -0.1) is 0 Å². The second kappa shape index (κ2) is 32.7. The molecule has 17 nitrogen and oxygen atoms in total. The average molecular weight is 759 g/mol. The molecule has 0 aromatic carbocycles. The summed E-state index contributed by atoms with van der Waals surface area (Å²) < 4.78 is 27.1. The van der Waals surface area contributed by atoms with Crippen molar-refractivity contribution in [2.24, 2.45) is 23.3 Å². The predicted octanol–water partition coefficient (Wildman–Crippen LogP) is 1.47. The van der Waals surface area contributed by atoms with Gasteiger partial charge in [0.2, 0.25) is 23.6 Å². The number of nitrogens with one attached hydrogen (secondary N) is 2. The fourth-order valence-electron chi connectivity index (χ4n) is 4.53. The lowest BCUT2D eigenvalue weighted by Crippen LogP contribution is -2.26. The van der Waals surface area contributed by atoms with E-state index in [1.54, 1.807) is 13.8 Å². The number of nitrogens with two attached hydrogens (primary N) is 2.